The molecule has 0 saturated heterocycles. The van der Waals surface area contributed by atoms with E-state index >= 15 is 0 Å². The van der Waals surface area contributed by atoms with Crippen molar-refractivity contribution in [3.05, 3.63) is 36.3 Å². The maximum absolute atomic E-state index is 12.5. The molecule has 0 unspecified atom stereocenters. The third kappa shape index (κ3) is 2.36. The van der Waals surface area contributed by atoms with Crippen molar-refractivity contribution in [3.8, 4) is 0 Å². The quantitative estimate of drug-likeness (QED) is 0.835. The Labute approximate surface area is 111 Å². The molecular weight excluding hydrogens is 244 g/mol. The highest BCUT2D eigenvalue weighted by atomic mass is 16.6. The average Bonchev–Trinajstić information content (AvgIpc) is 2.70. The number of fused-ring (bicyclic) bond motifs is 1. The largest absolute Gasteiger partial charge is 0.494 e. The van der Waals surface area contributed by atoms with Crippen LogP contribution in [0.3, 0.4) is 0 Å². The van der Waals surface area contributed by atoms with Crippen molar-refractivity contribution in [1.82, 2.24) is 0 Å². The molecule has 1 amide bonds. The van der Waals surface area contributed by atoms with Crippen LogP contribution < -0.4 is 10.2 Å². The summed E-state index contributed by atoms with van der Waals surface area (Å²) in [7, 11) is 0. The lowest BCUT2D eigenvalue weighted by atomic mass is 10.2. The van der Waals surface area contributed by atoms with Gasteiger partial charge in [-0.1, -0.05) is 12.1 Å². The molecule has 0 bridgehead atoms. The van der Waals surface area contributed by atoms with Crippen molar-refractivity contribution < 1.29 is 14.3 Å². The summed E-state index contributed by atoms with van der Waals surface area (Å²) in [6.45, 7) is 2.45. The minimum Gasteiger partial charge on any atom is -0.494 e. The van der Waals surface area contributed by atoms with Gasteiger partial charge in [0.2, 0.25) is 5.76 Å². The second kappa shape index (κ2) is 5.22. The highest BCUT2D eigenvalue weighted by molar-refractivity contribution is 6.06. The van der Waals surface area contributed by atoms with Gasteiger partial charge in [0, 0.05) is 13.1 Å². The van der Waals surface area contributed by atoms with Crippen molar-refractivity contribution in [1.29, 1.82) is 0 Å². The molecule has 0 fully saturated rings. The number of anilines is 2. The smallest absolute Gasteiger partial charge is 0.296 e. The van der Waals surface area contributed by atoms with Gasteiger partial charge in [0.25, 0.3) is 5.91 Å². The Bertz CT molecular complexity index is 513. The lowest BCUT2D eigenvalue weighted by molar-refractivity contribution is -0.119. The molecule has 5 nitrogen and oxygen atoms in total. The first-order valence-corrected chi connectivity index (χ1v) is 6.45. The number of benzene rings is 1. The Morgan fingerprint density at radius 1 is 1.26 bits per heavy atom. The number of carbonyl (C=O) groups excluding carboxylic acids is 1. The first kappa shape index (κ1) is 11.9. The van der Waals surface area contributed by atoms with Gasteiger partial charge >= 0.3 is 0 Å². The van der Waals surface area contributed by atoms with Gasteiger partial charge in [-0.05, 0) is 18.6 Å². The second-order valence-electron chi connectivity index (χ2n) is 4.46. The Balaban J connectivity index is 1.91. The standard InChI is InChI=1S/C14H16N2O3/c17-14(13-10-18-8-9-19-13)16-7-3-6-15-11-4-1-2-5-12(11)16/h1-2,4-5,10,15H,3,6-9H2. The molecule has 0 radical (unpaired) electrons. The van der Waals surface area contributed by atoms with Crippen LogP contribution in [0.5, 0.6) is 0 Å². The molecule has 2 aliphatic rings. The summed E-state index contributed by atoms with van der Waals surface area (Å²) in [6.07, 6.45) is 2.31. The third-order valence-corrected chi connectivity index (χ3v) is 3.17. The lowest BCUT2D eigenvalue weighted by Gasteiger charge is -2.24. The first-order valence-electron chi connectivity index (χ1n) is 6.45. The number of ether oxygens (including phenoxy) is 2. The molecule has 5 heteroatoms. The van der Waals surface area contributed by atoms with Gasteiger partial charge in [-0.25, -0.2) is 0 Å². The van der Waals surface area contributed by atoms with E-state index in [-0.39, 0.29) is 11.7 Å². The molecule has 0 aromatic heterocycles. The van der Waals surface area contributed by atoms with Gasteiger partial charge in [-0.15, -0.1) is 0 Å². The van der Waals surface area contributed by atoms with E-state index in [4.69, 9.17) is 9.47 Å². The molecular formula is C14H16N2O3. The van der Waals surface area contributed by atoms with E-state index in [1.165, 1.54) is 6.26 Å². The van der Waals surface area contributed by atoms with Crippen LogP contribution in [-0.4, -0.2) is 32.2 Å². The monoisotopic (exact) mass is 260 g/mol. The second-order valence-corrected chi connectivity index (χ2v) is 4.46. The zero-order valence-electron chi connectivity index (χ0n) is 10.6. The fourth-order valence-corrected chi connectivity index (χ4v) is 2.26. The van der Waals surface area contributed by atoms with Gasteiger partial charge in [-0.2, -0.15) is 0 Å². The lowest BCUT2D eigenvalue weighted by Crippen LogP contribution is -2.34. The molecule has 100 valence electrons. The van der Waals surface area contributed by atoms with Gasteiger partial charge in [0.1, 0.15) is 19.5 Å². The molecule has 2 aliphatic heterocycles. The number of hydrogen-bond acceptors (Lipinski definition) is 4. The van der Waals surface area contributed by atoms with Crippen LogP contribution in [-0.2, 0) is 14.3 Å². The number of para-hydroxylation sites is 2. The summed E-state index contributed by atoms with van der Waals surface area (Å²) >= 11 is 0. The number of carbonyl (C=O) groups is 1. The van der Waals surface area contributed by atoms with Crippen LogP contribution in [0.2, 0.25) is 0 Å². The van der Waals surface area contributed by atoms with Crippen molar-refractivity contribution >= 4 is 17.3 Å². The van der Waals surface area contributed by atoms with Crippen LogP contribution in [0.4, 0.5) is 11.4 Å². The van der Waals surface area contributed by atoms with E-state index < -0.39 is 0 Å². The number of amides is 1. The molecule has 0 aliphatic carbocycles. The minimum atomic E-state index is -0.143. The summed E-state index contributed by atoms with van der Waals surface area (Å²) < 4.78 is 10.5. The summed E-state index contributed by atoms with van der Waals surface area (Å²) in [5.74, 6) is 0.138. The summed E-state index contributed by atoms with van der Waals surface area (Å²) in [5.41, 5.74) is 1.87. The van der Waals surface area contributed by atoms with Gasteiger partial charge in [-0.3, -0.25) is 4.79 Å². The number of rotatable bonds is 1. The van der Waals surface area contributed by atoms with Crippen molar-refractivity contribution in [2.75, 3.05) is 36.5 Å². The summed E-state index contributed by atoms with van der Waals surface area (Å²) in [4.78, 5) is 14.2. The molecule has 1 aromatic rings. The van der Waals surface area contributed by atoms with E-state index in [2.05, 4.69) is 5.32 Å². The minimum absolute atomic E-state index is 0.143. The molecule has 3 rings (SSSR count). The Hall–Kier alpha value is -2.17. The molecule has 1 N–H and O–H groups in total. The van der Waals surface area contributed by atoms with Crippen molar-refractivity contribution in [3.63, 3.8) is 0 Å². The first-order chi connectivity index (χ1) is 9.36. The van der Waals surface area contributed by atoms with Crippen LogP contribution in [0.1, 0.15) is 6.42 Å². The highest BCUT2D eigenvalue weighted by Gasteiger charge is 2.26. The van der Waals surface area contributed by atoms with Gasteiger partial charge in [0.05, 0.1) is 11.4 Å². The van der Waals surface area contributed by atoms with Gasteiger partial charge in [0.15, 0.2) is 0 Å². The normalized spacial score (nSPS) is 18.1. The predicted octanol–water partition coefficient (Wildman–Crippen LogP) is 1.72. The molecule has 2 heterocycles. The maximum Gasteiger partial charge on any atom is 0.296 e. The topological polar surface area (TPSA) is 50.8 Å². The fraction of sp³-hybridized carbons (Fsp3) is 0.357. The zero-order chi connectivity index (χ0) is 13.1. The van der Waals surface area contributed by atoms with E-state index in [0.717, 1.165) is 24.3 Å². The third-order valence-electron chi connectivity index (χ3n) is 3.17. The number of hydrogen-bond donors (Lipinski definition) is 1. The van der Waals surface area contributed by atoms with Crippen molar-refractivity contribution in [2.24, 2.45) is 0 Å². The Kier molecular flexibility index (Phi) is 3.27. The molecule has 0 atom stereocenters. The van der Waals surface area contributed by atoms with Crippen LogP contribution in [0, 0.1) is 0 Å². The highest BCUT2D eigenvalue weighted by Crippen LogP contribution is 2.29. The molecule has 19 heavy (non-hydrogen) atoms. The van der Waals surface area contributed by atoms with E-state index in [1.54, 1.807) is 4.90 Å². The predicted molar refractivity (Wildman–Crippen MR) is 71.9 cm³/mol. The maximum atomic E-state index is 12.5. The van der Waals surface area contributed by atoms with E-state index in [9.17, 15) is 4.79 Å². The average molecular weight is 260 g/mol. The number of nitrogens with one attached hydrogen (secondary N) is 1. The SMILES string of the molecule is O=C(C1=COCCO1)N1CCCNc2ccccc21. The van der Waals surface area contributed by atoms with Crippen LogP contribution in [0.15, 0.2) is 36.3 Å². The summed E-state index contributed by atoms with van der Waals surface area (Å²) in [5, 5.41) is 3.33. The van der Waals surface area contributed by atoms with E-state index in [1.807, 2.05) is 24.3 Å². The molecule has 0 spiro atoms. The van der Waals surface area contributed by atoms with E-state index in [0.29, 0.717) is 19.8 Å². The van der Waals surface area contributed by atoms with Crippen LogP contribution >= 0.6 is 0 Å². The van der Waals surface area contributed by atoms with Gasteiger partial charge < -0.3 is 19.7 Å². The Morgan fingerprint density at radius 2 is 2.16 bits per heavy atom. The van der Waals surface area contributed by atoms with Crippen LogP contribution in [0.25, 0.3) is 0 Å². The fourth-order valence-electron chi connectivity index (χ4n) is 2.26. The molecule has 1 aromatic carbocycles. The molecule has 0 saturated carbocycles. The summed E-state index contributed by atoms with van der Waals surface area (Å²) in [6, 6.07) is 7.81. The van der Waals surface area contributed by atoms with Crippen molar-refractivity contribution in [2.45, 2.75) is 6.42 Å². The Morgan fingerprint density at radius 3 is 3.00 bits per heavy atom. The number of nitrogens with zero attached hydrogens (tertiary/aromatic N) is 1. The zero-order valence-corrected chi connectivity index (χ0v) is 10.6.